The lowest BCUT2D eigenvalue weighted by Crippen LogP contribution is -1.99. The Bertz CT molecular complexity index is 294. The zero-order valence-corrected chi connectivity index (χ0v) is 10.4. The summed E-state index contributed by atoms with van der Waals surface area (Å²) in [6.45, 7) is 0. The molecular weight excluding hydrogens is 259 g/mol. The number of hydrogen-bond acceptors (Lipinski definition) is 0. The Morgan fingerprint density at radius 2 is 1.93 bits per heavy atom. The first-order valence-electron chi connectivity index (χ1n) is 5.12. The molecule has 1 aromatic rings. The van der Waals surface area contributed by atoms with Gasteiger partial charge in [-0.3, -0.25) is 0 Å². The number of hydrogen-bond donors (Lipinski definition) is 0. The van der Waals surface area contributed by atoms with Crippen LogP contribution in [0.1, 0.15) is 24.8 Å². The van der Waals surface area contributed by atoms with Crippen LogP contribution in [0.3, 0.4) is 0 Å². The Morgan fingerprint density at radius 1 is 1.21 bits per heavy atom. The predicted octanol–water partition coefficient (Wildman–Crippen LogP) is 4.45. The molecule has 2 rings (SSSR count). The Balaban J connectivity index is 1.94. The Kier molecular flexibility index (Phi) is 3.51. The van der Waals surface area contributed by atoms with Crippen LogP contribution in [0.25, 0.3) is 0 Å². The summed E-state index contributed by atoms with van der Waals surface area (Å²) in [6, 6.07) is 8.25. The zero-order chi connectivity index (χ0) is 9.97. The molecule has 14 heavy (non-hydrogen) atoms. The molecule has 0 radical (unpaired) electrons. The van der Waals surface area contributed by atoms with E-state index in [9.17, 15) is 0 Å². The van der Waals surface area contributed by atoms with Gasteiger partial charge >= 0.3 is 0 Å². The van der Waals surface area contributed by atoms with Crippen LogP contribution in [0.4, 0.5) is 0 Å². The number of alkyl halides is 1. The summed E-state index contributed by atoms with van der Waals surface area (Å²) in [5, 5.41) is 0.832. The summed E-state index contributed by atoms with van der Waals surface area (Å²) >= 11 is 9.53. The fourth-order valence-electron chi connectivity index (χ4n) is 2.15. The molecule has 0 bridgehead atoms. The van der Waals surface area contributed by atoms with Gasteiger partial charge in [0, 0.05) is 9.85 Å². The van der Waals surface area contributed by atoms with Gasteiger partial charge in [-0.1, -0.05) is 39.7 Å². The normalized spacial score (nSPS) is 26.7. The van der Waals surface area contributed by atoms with Crippen LogP contribution in [0.5, 0.6) is 0 Å². The van der Waals surface area contributed by atoms with Gasteiger partial charge in [0.1, 0.15) is 0 Å². The van der Waals surface area contributed by atoms with Crippen molar-refractivity contribution in [2.75, 3.05) is 0 Å². The van der Waals surface area contributed by atoms with E-state index in [0.29, 0.717) is 0 Å². The van der Waals surface area contributed by atoms with Crippen LogP contribution < -0.4 is 0 Å². The number of rotatable bonds is 2. The molecular formula is C12H14BrCl. The highest BCUT2D eigenvalue weighted by Crippen LogP contribution is 2.32. The van der Waals surface area contributed by atoms with Gasteiger partial charge in [0.15, 0.2) is 0 Å². The average Bonchev–Trinajstić information content (AvgIpc) is 2.56. The van der Waals surface area contributed by atoms with Gasteiger partial charge in [-0.05, 0) is 49.3 Å². The van der Waals surface area contributed by atoms with Crippen LogP contribution in [0.15, 0.2) is 24.3 Å². The van der Waals surface area contributed by atoms with Gasteiger partial charge in [0.2, 0.25) is 0 Å². The van der Waals surface area contributed by atoms with Crippen molar-refractivity contribution in [3.05, 3.63) is 34.9 Å². The average molecular weight is 274 g/mol. The molecule has 2 unspecified atom stereocenters. The van der Waals surface area contributed by atoms with Crippen molar-refractivity contribution in [3.63, 3.8) is 0 Å². The highest BCUT2D eigenvalue weighted by atomic mass is 79.9. The molecule has 1 saturated carbocycles. The lowest BCUT2D eigenvalue weighted by molar-refractivity contribution is 0.548. The molecule has 0 aliphatic heterocycles. The third-order valence-corrected chi connectivity index (χ3v) is 4.00. The topological polar surface area (TPSA) is 0 Å². The fraction of sp³-hybridized carbons (Fsp3) is 0.500. The van der Waals surface area contributed by atoms with Crippen molar-refractivity contribution in [2.24, 2.45) is 5.92 Å². The van der Waals surface area contributed by atoms with Crippen LogP contribution >= 0.6 is 27.5 Å². The van der Waals surface area contributed by atoms with Crippen molar-refractivity contribution in [1.29, 1.82) is 0 Å². The maximum Gasteiger partial charge on any atom is 0.0406 e. The summed E-state index contributed by atoms with van der Waals surface area (Å²) < 4.78 is 0. The van der Waals surface area contributed by atoms with Gasteiger partial charge in [-0.25, -0.2) is 0 Å². The van der Waals surface area contributed by atoms with E-state index in [2.05, 4.69) is 28.1 Å². The van der Waals surface area contributed by atoms with Crippen molar-refractivity contribution in [1.82, 2.24) is 0 Å². The lowest BCUT2D eigenvalue weighted by atomic mass is 9.98. The molecule has 1 aliphatic rings. The third kappa shape index (κ3) is 2.74. The van der Waals surface area contributed by atoms with E-state index < -0.39 is 0 Å². The smallest absolute Gasteiger partial charge is 0.0406 e. The summed E-state index contributed by atoms with van der Waals surface area (Å²) in [5.41, 5.74) is 1.42. The summed E-state index contributed by atoms with van der Waals surface area (Å²) in [7, 11) is 0. The molecule has 0 N–H and O–H groups in total. The molecule has 2 heteroatoms. The van der Waals surface area contributed by atoms with Gasteiger partial charge in [-0.2, -0.15) is 0 Å². The van der Waals surface area contributed by atoms with Gasteiger partial charge in [-0.15, -0.1) is 0 Å². The molecule has 0 amide bonds. The Hall–Kier alpha value is -0.0100. The highest BCUT2D eigenvalue weighted by Gasteiger charge is 2.22. The second-order valence-electron chi connectivity index (χ2n) is 4.11. The van der Waals surface area contributed by atoms with E-state index in [4.69, 9.17) is 11.6 Å². The van der Waals surface area contributed by atoms with E-state index in [1.54, 1.807) is 0 Å². The maximum absolute atomic E-state index is 5.84. The Morgan fingerprint density at radius 3 is 2.50 bits per heavy atom. The first kappa shape index (κ1) is 10.5. The van der Waals surface area contributed by atoms with E-state index in [-0.39, 0.29) is 0 Å². The number of benzene rings is 1. The second kappa shape index (κ2) is 4.67. The third-order valence-electron chi connectivity index (χ3n) is 2.91. The van der Waals surface area contributed by atoms with Crippen molar-refractivity contribution < 1.29 is 0 Å². The maximum atomic E-state index is 5.84. The van der Waals surface area contributed by atoms with Gasteiger partial charge < -0.3 is 0 Å². The predicted molar refractivity (Wildman–Crippen MR) is 65.2 cm³/mol. The van der Waals surface area contributed by atoms with Gasteiger partial charge in [0.25, 0.3) is 0 Å². The van der Waals surface area contributed by atoms with E-state index in [1.165, 1.54) is 31.2 Å². The molecule has 0 saturated heterocycles. The lowest BCUT2D eigenvalue weighted by Gasteiger charge is -2.08. The summed E-state index contributed by atoms with van der Waals surface area (Å²) in [4.78, 5) is 0.750. The van der Waals surface area contributed by atoms with E-state index in [1.807, 2.05) is 12.1 Å². The fourth-order valence-corrected chi connectivity index (χ4v) is 3.07. The first-order valence-corrected chi connectivity index (χ1v) is 6.42. The van der Waals surface area contributed by atoms with E-state index in [0.717, 1.165) is 15.8 Å². The molecule has 0 spiro atoms. The minimum atomic E-state index is 0.750. The number of halogens is 2. The zero-order valence-electron chi connectivity index (χ0n) is 8.05. The van der Waals surface area contributed by atoms with Crippen molar-refractivity contribution in [2.45, 2.75) is 30.5 Å². The van der Waals surface area contributed by atoms with Crippen LogP contribution in [0.2, 0.25) is 5.02 Å². The molecule has 0 heterocycles. The minimum Gasteiger partial charge on any atom is -0.0891 e. The summed E-state index contributed by atoms with van der Waals surface area (Å²) in [5.74, 6) is 0.862. The summed E-state index contributed by atoms with van der Waals surface area (Å²) in [6.07, 6.45) is 5.22. The van der Waals surface area contributed by atoms with Crippen LogP contribution in [0, 0.1) is 5.92 Å². The van der Waals surface area contributed by atoms with Crippen LogP contribution in [-0.4, -0.2) is 4.83 Å². The largest absolute Gasteiger partial charge is 0.0891 e. The van der Waals surface area contributed by atoms with Crippen molar-refractivity contribution in [3.8, 4) is 0 Å². The standard InChI is InChI=1S/C12H14BrCl/c13-11-4-1-10(8-11)7-9-2-5-12(14)6-3-9/h2-3,5-6,10-11H,1,4,7-8H2. The van der Waals surface area contributed by atoms with Crippen LogP contribution in [-0.2, 0) is 6.42 Å². The SMILES string of the molecule is Clc1ccc(CC2CCC(Br)C2)cc1. The monoisotopic (exact) mass is 272 g/mol. The highest BCUT2D eigenvalue weighted by molar-refractivity contribution is 9.09. The quantitative estimate of drug-likeness (QED) is 0.699. The molecule has 0 nitrogen and oxygen atoms in total. The molecule has 1 fully saturated rings. The molecule has 0 aromatic heterocycles. The first-order chi connectivity index (χ1) is 6.74. The molecule has 1 aliphatic carbocycles. The Labute approximate surface area is 98.8 Å². The van der Waals surface area contributed by atoms with Crippen molar-refractivity contribution >= 4 is 27.5 Å². The molecule has 76 valence electrons. The van der Waals surface area contributed by atoms with Gasteiger partial charge in [0.05, 0.1) is 0 Å². The van der Waals surface area contributed by atoms with E-state index >= 15 is 0 Å². The minimum absolute atomic E-state index is 0.750. The molecule has 1 aromatic carbocycles. The molecule has 2 atom stereocenters. The second-order valence-corrected chi connectivity index (χ2v) is 5.84.